The van der Waals surface area contributed by atoms with Gasteiger partial charge in [0.25, 0.3) is 0 Å². The molecular formula is C14H18FN3O. The van der Waals surface area contributed by atoms with Crippen molar-refractivity contribution >= 4 is 11.6 Å². The third-order valence-electron chi connectivity index (χ3n) is 4.41. The molecule has 3 saturated heterocycles. The SMILES string of the molecule is NC(=O)C1(Nc2ccc(F)cc2)CN2CCC1CC2. The summed E-state index contributed by atoms with van der Waals surface area (Å²) in [5.41, 5.74) is 5.69. The molecule has 1 amide bonds. The quantitative estimate of drug-likeness (QED) is 0.861. The molecule has 19 heavy (non-hydrogen) atoms. The van der Waals surface area contributed by atoms with Gasteiger partial charge < -0.3 is 16.0 Å². The third kappa shape index (κ3) is 2.08. The van der Waals surface area contributed by atoms with Crippen LogP contribution in [-0.2, 0) is 4.79 Å². The summed E-state index contributed by atoms with van der Waals surface area (Å²) in [4.78, 5) is 14.3. The molecule has 3 N–H and O–H groups in total. The number of halogens is 1. The highest BCUT2D eigenvalue weighted by molar-refractivity contribution is 5.89. The highest BCUT2D eigenvalue weighted by Crippen LogP contribution is 2.37. The number of hydrogen-bond acceptors (Lipinski definition) is 3. The Morgan fingerprint density at radius 2 is 1.95 bits per heavy atom. The Hall–Kier alpha value is -1.62. The molecule has 3 fully saturated rings. The fourth-order valence-corrected chi connectivity index (χ4v) is 3.34. The Kier molecular flexibility index (Phi) is 2.93. The van der Waals surface area contributed by atoms with Gasteiger partial charge in [-0.25, -0.2) is 4.39 Å². The van der Waals surface area contributed by atoms with Crippen LogP contribution in [0.15, 0.2) is 24.3 Å². The first-order valence-electron chi connectivity index (χ1n) is 6.66. The summed E-state index contributed by atoms with van der Waals surface area (Å²) in [6, 6.07) is 6.08. The maximum Gasteiger partial charge on any atom is 0.244 e. The number of carbonyl (C=O) groups excluding carboxylic acids is 1. The van der Waals surface area contributed by atoms with Gasteiger partial charge in [0.05, 0.1) is 0 Å². The van der Waals surface area contributed by atoms with E-state index in [1.165, 1.54) is 12.1 Å². The van der Waals surface area contributed by atoms with Crippen LogP contribution in [0.1, 0.15) is 12.8 Å². The predicted octanol–water partition coefficient (Wildman–Crippen LogP) is 1.19. The zero-order valence-electron chi connectivity index (χ0n) is 10.7. The van der Waals surface area contributed by atoms with Crippen LogP contribution < -0.4 is 11.1 Å². The highest BCUT2D eigenvalue weighted by Gasteiger charge is 2.50. The molecule has 2 bridgehead atoms. The van der Waals surface area contributed by atoms with E-state index in [0.717, 1.165) is 31.6 Å². The van der Waals surface area contributed by atoms with Gasteiger partial charge in [-0.1, -0.05) is 0 Å². The molecule has 0 aliphatic carbocycles. The first kappa shape index (κ1) is 12.4. The molecule has 1 atom stereocenters. The summed E-state index contributed by atoms with van der Waals surface area (Å²) in [5, 5.41) is 3.27. The van der Waals surface area contributed by atoms with E-state index >= 15 is 0 Å². The number of nitrogens with two attached hydrogens (primary N) is 1. The molecule has 102 valence electrons. The molecule has 1 aromatic carbocycles. The van der Waals surface area contributed by atoms with Gasteiger partial charge in [-0.15, -0.1) is 0 Å². The van der Waals surface area contributed by atoms with Gasteiger partial charge in [-0.3, -0.25) is 4.79 Å². The van der Waals surface area contributed by atoms with Crippen molar-refractivity contribution in [1.82, 2.24) is 4.90 Å². The van der Waals surface area contributed by atoms with E-state index in [2.05, 4.69) is 10.2 Å². The minimum Gasteiger partial charge on any atom is -0.370 e. The molecule has 0 spiro atoms. The van der Waals surface area contributed by atoms with Crippen LogP contribution in [0.5, 0.6) is 0 Å². The fraction of sp³-hybridized carbons (Fsp3) is 0.500. The van der Waals surface area contributed by atoms with Crippen molar-refractivity contribution in [3.8, 4) is 0 Å². The average Bonchev–Trinajstić information content (AvgIpc) is 2.42. The molecule has 3 aliphatic heterocycles. The van der Waals surface area contributed by atoms with Crippen LogP contribution in [0.25, 0.3) is 0 Å². The van der Waals surface area contributed by atoms with Gasteiger partial charge >= 0.3 is 0 Å². The molecule has 0 radical (unpaired) electrons. The van der Waals surface area contributed by atoms with Gasteiger partial charge in [0, 0.05) is 12.2 Å². The van der Waals surface area contributed by atoms with E-state index in [1.54, 1.807) is 12.1 Å². The zero-order valence-corrected chi connectivity index (χ0v) is 10.7. The molecule has 3 heterocycles. The molecule has 3 aliphatic rings. The van der Waals surface area contributed by atoms with Gasteiger partial charge in [-0.05, 0) is 56.1 Å². The Bertz CT molecular complexity index is 482. The number of hydrogen-bond donors (Lipinski definition) is 2. The van der Waals surface area contributed by atoms with Crippen molar-refractivity contribution < 1.29 is 9.18 Å². The van der Waals surface area contributed by atoms with Crippen molar-refractivity contribution in [3.05, 3.63) is 30.1 Å². The van der Waals surface area contributed by atoms with E-state index in [-0.39, 0.29) is 17.6 Å². The molecule has 0 aromatic heterocycles. The third-order valence-corrected chi connectivity index (χ3v) is 4.41. The summed E-state index contributed by atoms with van der Waals surface area (Å²) in [6.07, 6.45) is 1.97. The second kappa shape index (κ2) is 4.49. The lowest BCUT2D eigenvalue weighted by Crippen LogP contribution is -2.68. The normalized spacial score (nSPS) is 33.1. The second-order valence-corrected chi connectivity index (χ2v) is 5.52. The first-order valence-corrected chi connectivity index (χ1v) is 6.66. The standard InChI is InChI=1S/C14H18FN3O/c15-11-1-3-12(4-2-11)17-14(13(16)19)9-18-7-5-10(14)6-8-18/h1-4,10,17H,5-9H2,(H2,16,19). The zero-order chi connectivity index (χ0) is 13.5. The lowest BCUT2D eigenvalue weighted by atomic mass is 9.72. The lowest BCUT2D eigenvalue weighted by Gasteiger charge is -2.52. The van der Waals surface area contributed by atoms with Crippen LogP contribution in [0, 0.1) is 11.7 Å². The highest BCUT2D eigenvalue weighted by atomic mass is 19.1. The largest absolute Gasteiger partial charge is 0.370 e. The molecule has 4 nitrogen and oxygen atoms in total. The first-order chi connectivity index (χ1) is 9.10. The summed E-state index contributed by atoms with van der Waals surface area (Å²) < 4.78 is 12.9. The minimum atomic E-state index is -0.714. The Morgan fingerprint density at radius 1 is 1.32 bits per heavy atom. The number of rotatable bonds is 3. The Labute approximate surface area is 111 Å². The number of carbonyl (C=O) groups is 1. The molecule has 1 unspecified atom stereocenters. The molecule has 5 heteroatoms. The van der Waals surface area contributed by atoms with Crippen LogP contribution in [0.3, 0.4) is 0 Å². The molecule has 1 aromatic rings. The Balaban J connectivity index is 1.89. The van der Waals surface area contributed by atoms with E-state index in [4.69, 9.17) is 5.73 Å². The minimum absolute atomic E-state index is 0.264. The number of benzene rings is 1. The van der Waals surface area contributed by atoms with Crippen LogP contribution in [-0.4, -0.2) is 36.0 Å². The monoisotopic (exact) mass is 263 g/mol. The van der Waals surface area contributed by atoms with Crippen molar-refractivity contribution in [2.45, 2.75) is 18.4 Å². The lowest BCUT2D eigenvalue weighted by molar-refractivity contribution is -0.128. The van der Waals surface area contributed by atoms with Crippen LogP contribution >= 0.6 is 0 Å². The van der Waals surface area contributed by atoms with Crippen LogP contribution in [0.4, 0.5) is 10.1 Å². The van der Waals surface area contributed by atoms with E-state index < -0.39 is 5.54 Å². The van der Waals surface area contributed by atoms with Crippen molar-refractivity contribution in [3.63, 3.8) is 0 Å². The van der Waals surface area contributed by atoms with E-state index in [0.29, 0.717) is 6.54 Å². The van der Waals surface area contributed by atoms with E-state index in [9.17, 15) is 9.18 Å². The van der Waals surface area contributed by atoms with Gasteiger partial charge in [0.2, 0.25) is 5.91 Å². The second-order valence-electron chi connectivity index (χ2n) is 5.52. The predicted molar refractivity (Wildman–Crippen MR) is 71.1 cm³/mol. The van der Waals surface area contributed by atoms with Gasteiger partial charge in [-0.2, -0.15) is 0 Å². The molecule has 4 rings (SSSR count). The fourth-order valence-electron chi connectivity index (χ4n) is 3.34. The van der Waals surface area contributed by atoms with Crippen molar-refractivity contribution in [2.75, 3.05) is 25.0 Å². The number of primary amides is 1. The summed E-state index contributed by atoms with van der Waals surface area (Å²) in [6.45, 7) is 2.71. The number of amides is 1. The van der Waals surface area contributed by atoms with Gasteiger partial charge in [0.1, 0.15) is 11.4 Å². The summed E-state index contributed by atoms with van der Waals surface area (Å²) >= 11 is 0. The molecular weight excluding hydrogens is 245 g/mol. The smallest absolute Gasteiger partial charge is 0.244 e. The van der Waals surface area contributed by atoms with E-state index in [1.807, 2.05) is 0 Å². The topological polar surface area (TPSA) is 58.4 Å². The summed E-state index contributed by atoms with van der Waals surface area (Å²) in [5.74, 6) is -0.334. The number of fused-ring (bicyclic) bond motifs is 3. The van der Waals surface area contributed by atoms with Gasteiger partial charge in [0.15, 0.2) is 0 Å². The molecule has 0 saturated carbocycles. The van der Waals surface area contributed by atoms with Crippen molar-refractivity contribution in [2.24, 2.45) is 11.7 Å². The summed E-state index contributed by atoms with van der Waals surface area (Å²) in [7, 11) is 0. The Morgan fingerprint density at radius 3 is 2.42 bits per heavy atom. The van der Waals surface area contributed by atoms with Crippen LogP contribution in [0.2, 0.25) is 0 Å². The maximum absolute atomic E-state index is 12.9. The number of nitrogens with zero attached hydrogens (tertiary/aromatic N) is 1. The number of piperidine rings is 3. The number of anilines is 1. The number of nitrogens with one attached hydrogen (secondary N) is 1. The average molecular weight is 263 g/mol. The van der Waals surface area contributed by atoms with Crippen molar-refractivity contribution in [1.29, 1.82) is 0 Å². The maximum atomic E-state index is 12.9.